The van der Waals surface area contributed by atoms with Gasteiger partial charge in [-0.2, -0.15) is 26.3 Å². The summed E-state index contributed by atoms with van der Waals surface area (Å²) in [7, 11) is 0. The van der Waals surface area contributed by atoms with Crippen LogP contribution in [0.2, 0.25) is 0 Å². The minimum atomic E-state index is -4.91. The van der Waals surface area contributed by atoms with Crippen molar-refractivity contribution < 1.29 is 41.0 Å². The Hall–Kier alpha value is -1.85. The van der Waals surface area contributed by atoms with E-state index in [9.17, 15) is 31.1 Å². The van der Waals surface area contributed by atoms with Crippen molar-refractivity contribution in [1.82, 2.24) is 10.6 Å². The van der Waals surface area contributed by atoms with E-state index in [4.69, 9.17) is 9.84 Å². The van der Waals surface area contributed by atoms with Crippen LogP contribution < -0.4 is 10.6 Å². The van der Waals surface area contributed by atoms with Crippen LogP contribution in [-0.2, 0) is 28.5 Å². The minimum Gasteiger partial charge on any atom is -0.395 e. The molecule has 1 aromatic rings. The lowest BCUT2D eigenvalue weighted by atomic mass is 9.88. The molecule has 0 spiro atoms. The number of aliphatic hydroxyl groups excluding tert-OH is 1. The standard InChI is InChI=1S/C20H24F6N2O3/c1-18-9-14(17(30)27-4-5-29)15(28-18)2-3-16(18)31-10-11-6-12(19(21,22)23)8-13(7-11)20(24,25)26/h6-8,14-16,28-29H,2-5,9-10H2,1H3,(H,27,30). The highest BCUT2D eigenvalue weighted by atomic mass is 19.4. The van der Waals surface area contributed by atoms with Gasteiger partial charge in [0.05, 0.1) is 36.4 Å². The number of rotatable bonds is 6. The monoisotopic (exact) mass is 454 g/mol. The molecule has 3 rings (SSSR count). The number of hydrogen-bond acceptors (Lipinski definition) is 4. The van der Waals surface area contributed by atoms with Crippen LogP contribution in [0.25, 0.3) is 0 Å². The van der Waals surface area contributed by atoms with Gasteiger partial charge in [-0.1, -0.05) is 0 Å². The van der Waals surface area contributed by atoms with E-state index in [1.165, 1.54) is 0 Å². The lowest BCUT2D eigenvalue weighted by molar-refractivity contribution is -0.143. The molecule has 2 bridgehead atoms. The molecule has 1 aromatic carbocycles. The van der Waals surface area contributed by atoms with Crippen molar-refractivity contribution in [3.63, 3.8) is 0 Å². The van der Waals surface area contributed by atoms with E-state index in [0.29, 0.717) is 31.4 Å². The van der Waals surface area contributed by atoms with Gasteiger partial charge < -0.3 is 20.5 Å². The molecule has 31 heavy (non-hydrogen) atoms. The SMILES string of the molecule is CC12CC(C(=O)NCCO)C(CCC1OCc1cc(C(F)(F)F)cc(C(F)(F)F)c1)N2. The Kier molecular flexibility index (Phi) is 6.60. The van der Waals surface area contributed by atoms with Crippen molar-refractivity contribution in [2.75, 3.05) is 13.2 Å². The Morgan fingerprint density at radius 1 is 1.16 bits per heavy atom. The highest BCUT2D eigenvalue weighted by Crippen LogP contribution is 2.42. The largest absolute Gasteiger partial charge is 0.416 e. The summed E-state index contributed by atoms with van der Waals surface area (Å²) in [6.07, 6.45) is -8.81. The summed E-state index contributed by atoms with van der Waals surface area (Å²) in [5.41, 5.74) is -3.62. The molecule has 3 N–H and O–H groups in total. The minimum absolute atomic E-state index is 0.0874. The van der Waals surface area contributed by atoms with Gasteiger partial charge in [-0.25, -0.2) is 0 Å². The molecule has 2 fully saturated rings. The van der Waals surface area contributed by atoms with Crippen molar-refractivity contribution >= 4 is 5.91 Å². The van der Waals surface area contributed by atoms with E-state index in [-0.39, 0.29) is 42.6 Å². The van der Waals surface area contributed by atoms with E-state index in [2.05, 4.69) is 10.6 Å². The second-order valence-electron chi connectivity index (χ2n) is 8.28. The van der Waals surface area contributed by atoms with Gasteiger partial charge in [0.15, 0.2) is 0 Å². The van der Waals surface area contributed by atoms with Gasteiger partial charge in [0.1, 0.15) is 0 Å². The maximum atomic E-state index is 13.0. The average Bonchev–Trinajstić information content (AvgIpc) is 2.95. The number of hydrogen-bond donors (Lipinski definition) is 3. The van der Waals surface area contributed by atoms with Crippen LogP contribution in [0, 0.1) is 5.92 Å². The summed E-state index contributed by atoms with van der Waals surface area (Å²) < 4.78 is 84.1. The first-order valence-corrected chi connectivity index (χ1v) is 9.90. The average molecular weight is 454 g/mol. The van der Waals surface area contributed by atoms with E-state index in [0.717, 1.165) is 0 Å². The number of amides is 1. The number of carbonyl (C=O) groups is 1. The third kappa shape index (κ3) is 5.32. The van der Waals surface area contributed by atoms with Crippen molar-refractivity contribution in [3.8, 4) is 0 Å². The van der Waals surface area contributed by atoms with Gasteiger partial charge >= 0.3 is 12.4 Å². The molecule has 0 radical (unpaired) electrons. The first-order valence-electron chi connectivity index (χ1n) is 9.90. The van der Waals surface area contributed by atoms with Crippen LogP contribution in [0.1, 0.15) is 42.9 Å². The van der Waals surface area contributed by atoms with Gasteiger partial charge in [0, 0.05) is 18.1 Å². The molecule has 0 aliphatic carbocycles. The van der Waals surface area contributed by atoms with E-state index < -0.39 is 41.7 Å². The number of ether oxygens (including phenoxy) is 1. The van der Waals surface area contributed by atoms with Gasteiger partial charge in [-0.3, -0.25) is 4.79 Å². The van der Waals surface area contributed by atoms with E-state index in [1.807, 2.05) is 6.92 Å². The highest BCUT2D eigenvalue weighted by Gasteiger charge is 2.52. The Bertz CT molecular complexity index is 781. The van der Waals surface area contributed by atoms with Crippen LogP contribution >= 0.6 is 0 Å². The molecule has 0 saturated carbocycles. The topological polar surface area (TPSA) is 70.6 Å². The molecule has 2 heterocycles. The molecular formula is C20H24F6N2O3. The smallest absolute Gasteiger partial charge is 0.395 e. The van der Waals surface area contributed by atoms with E-state index >= 15 is 0 Å². The molecule has 4 unspecified atom stereocenters. The van der Waals surface area contributed by atoms with Crippen molar-refractivity contribution in [1.29, 1.82) is 0 Å². The number of nitrogens with one attached hydrogen (secondary N) is 2. The third-order valence-corrected chi connectivity index (χ3v) is 5.94. The summed E-state index contributed by atoms with van der Waals surface area (Å²) >= 11 is 0. The Morgan fingerprint density at radius 3 is 2.32 bits per heavy atom. The van der Waals surface area contributed by atoms with Gasteiger partial charge in [0.25, 0.3) is 0 Å². The molecule has 2 saturated heterocycles. The molecule has 2 aliphatic rings. The zero-order chi connectivity index (χ0) is 23.0. The van der Waals surface area contributed by atoms with Crippen LogP contribution in [0.3, 0.4) is 0 Å². The molecule has 11 heteroatoms. The second kappa shape index (κ2) is 8.59. The number of aliphatic hydroxyl groups is 1. The lowest BCUT2D eigenvalue weighted by Gasteiger charge is -2.39. The zero-order valence-electron chi connectivity index (χ0n) is 16.7. The van der Waals surface area contributed by atoms with Crippen molar-refractivity contribution in [2.24, 2.45) is 5.92 Å². The summed E-state index contributed by atoms with van der Waals surface area (Å²) in [6, 6.07) is 1.31. The fourth-order valence-corrected chi connectivity index (χ4v) is 4.48. The van der Waals surface area contributed by atoms with Crippen molar-refractivity contribution in [2.45, 2.75) is 62.8 Å². The highest BCUT2D eigenvalue weighted by molar-refractivity contribution is 5.80. The summed E-state index contributed by atoms with van der Waals surface area (Å²) in [6.45, 7) is 1.36. The fraction of sp³-hybridized carbons (Fsp3) is 0.650. The zero-order valence-corrected chi connectivity index (χ0v) is 16.7. The molecule has 4 atom stereocenters. The molecule has 1 amide bonds. The first kappa shape index (κ1) is 23.8. The number of carbonyl (C=O) groups excluding carboxylic acids is 1. The summed E-state index contributed by atoms with van der Waals surface area (Å²) in [4.78, 5) is 12.3. The predicted octanol–water partition coefficient (Wildman–Crippen LogP) is 3.25. The van der Waals surface area contributed by atoms with E-state index in [1.54, 1.807) is 0 Å². The lowest BCUT2D eigenvalue weighted by Crippen LogP contribution is -2.55. The number of alkyl halides is 6. The molecule has 5 nitrogen and oxygen atoms in total. The molecular weight excluding hydrogens is 430 g/mol. The number of benzene rings is 1. The van der Waals surface area contributed by atoms with Gasteiger partial charge in [0.2, 0.25) is 5.91 Å². The first-order chi connectivity index (χ1) is 14.3. The predicted molar refractivity (Wildman–Crippen MR) is 97.8 cm³/mol. The molecule has 2 aliphatic heterocycles. The quantitative estimate of drug-likeness (QED) is 0.578. The maximum absolute atomic E-state index is 13.0. The molecule has 0 aromatic heterocycles. The van der Waals surface area contributed by atoms with Gasteiger partial charge in [-0.05, 0) is 49.9 Å². The summed E-state index contributed by atoms with van der Waals surface area (Å²) in [5, 5.41) is 14.8. The normalized spacial score (nSPS) is 28.6. The Labute approximate surface area is 175 Å². The number of fused-ring (bicyclic) bond motifs is 2. The van der Waals surface area contributed by atoms with Crippen LogP contribution in [0.5, 0.6) is 0 Å². The Balaban J connectivity index is 1.73. The molecule has 174 valence electrons. The van der Waals surface area contributed by atoms with Crippen molar-refractivity contribution in [3.05, 3.63) is 34.9 Å². The van der Waals surface area contributed by atoms with Crippen LogP contribution in [0.4, 0.5) is 26.3 Å². The number of halogens is 6. The maximum Gasteiger partial charge on any atom is 0.416 e. The second-order valence-corrected chi connectivity index (χ2v) is 8.28. The van der Waals surface area contributed by atoms with Crippen LogP contribution in [0.15, 0.2) is 18.2 Å². The number of piperidine rings is 1. The fourth-order valence-electron chi connectivity index (χ4n) is 4.48. The Morgan fingerprint density at radius 2 is 1.77 bits per heavy atom. The van der Waals surface area contributed by atoms with Crippen LogP contribution in [-0.4, -0.2) is 41.9 Å². The summed E-state index contributed by atoms with van der Waals surface area (Å²) in [5.74, 6) is -0.556. The third-order valence-electron chi connectivity index (χ3n) is 5.94. The van der Waals surface area contributed by atoms with Gasteiger partial charge in [-0.15, -0.1) is 0 Å².